The van der Waals surface area contributed by atoms with E-state index >= 15 is 0 Å². The second kappa shape index (κ2) is 7.89. The Labute approximate surface area is 180 Å². The number of benzene rings is 3. The number of carbonyl (C=O) groups is 2. The fraction of sp³-hybridized carbons (Fsp3) is 0.200. The Hall–Kier alpha value is -3.64. The third-order valence-electron chi connectivity index (χ3n) is 5.68. The zero-order valence-electron chi connectivity index (χ0n) is 17.0. The van der Waals surface area contributed by atoms with E-state index in [1.54, 1.807) is 17.2 Å². The Kier molecular flexibility index (Phi) is 4.92. The van der Waals surface area contributed by atoms with Gasteiger partial charge in [-0.3, -0.25) is 14.4 Å². The van der Waals surface area contributed by atoms with Crippen molar-refractivity contribution in [2.75, 3.05) is 16.6 Å². The molecule has 2 amide bonds. The van der Waals surface area contributed by atoms with E-state index in [0.717, 1.165) is 11.3 Å². The third kappa shape index (κ3) is 3.16. The molecular formula is C25H22N2O4. The summed E-state index contributed by atoms with van der Waals surface area (Å²) in [5.74, 6) is -0.623. The molecule has 0 aliphatic carbocycles. The number of hydrogen-bond acceptors (Lipinski definition) is 5. The first-order valence-corrected chi connectivity index (χ1v) is 10.4. The van der Waals surface area contributed by atoms with Gasteiger partial charge in [-0.15, -0.1) is 0 Å². The Morgan fingerprint density at radius 1 is 0.806 bits per heavy atom. The maximum absolute atomic E-state index is 13.6. The largest absolute Gasteiger partial charge is 0.494 e. The van der Waals surface area contributed by atoms with E-state index in [-0.39, 0.29) is 11.8 Å². The van der Waals surface area contributed by atoms with Crippen LogP contribution in [0.1, 0.15) is 18.5 Å². The van der Waals surface area contributed by atoms with Crippen LogP contribution in [0.2, 0.25) is 0 Å². The molecule has 156 valence electrons. The lowest BCUT2D eigenvalue weighted by molar-refractivity contribution is -0.126. The number of imide groups is 1. The molecule has 2 aliphatic rings. The Bertz CT molecular complexity index is 1100. The fourth-order valence-electron chi connectivity index (χ4n) is 4.37. The first-order valence-electron chi connectivity index (χ1n) is 10.4. The van der Waals surface area contributed by atoms with E-state index in [0.29, 0.717) is 18.0 Å². The maximum atomic E-state index is 13.6. The number of fused-ring (bicyclic) bond motifs is 1. The van der Waals surface area contributed by atoms with Gasteiger partial charge in [-0.2, -0.15) is 0 Å². The highest BCUT2D eigenvalue weighted by Gasteiger charge is 2.60. The van der Waals surface area contributed by atoms with Crippen molar-refractivity contribution in [3.63, 3.8) is 0 Å². The van der Waals surface area contributed by atoms with Gasteiger partial charge >= 0.3 is 0 Å². The van der Waals surface area contributed by atoms with Gasteiger partial charge in [-0.05, 0) is 37.3 Å². The van der Waals surface area contributed by atoms with Crippen LogP contribution in [0.5, 0.6) is 5.75 Å². The molecule has 0 radical (unpaired) electrons. The minimum absolute atomic E-state index is 0.268. The van der Waals surface area contributed by atoms with Crippen molar-refractivity contribution < 1.29 is 19.2 Å². The number of rotatable bonds is 5. The van der Waals surface area contributed by atoms with Gasteiger partial charge in [-0.1, -0.05) is 54.6 Å². The lowest BCUT2D eigenvalue weighted by Crippen LogP contribution is -2.37. The molecule has 2 aliphatic heterocycles. The van der Waals surface area contributed by atoms with Gasteiger partial charge in [0.25, 0.3) is 5.91 Å². The van der Waals surface area contributed by atoms with Crippen LogP contribution in [0.15, 0.2) is 84.9 Å². The Balaban J connectivity index is 1.62. The van der Waals surface area contributed by atoms with Crippen LogP contribution in [0, 0.1) is 5.92 Å². The highest BCUT2D eigenvalue weighted by molar-refractivity contribution is 6.23. The molecule has 31 heavy (non-hydrogen) atoms. The summed E-state index contributed by atoms with van der Waals surface area (Å²) < 4.78 is 5.86. The normalized spacial score (nSPS) is 22.7. The predicted octanol–water partition coefficient (Wildman–Crippen LogP) is 4.14. The molecule has 3 aromatic carbocycles. The first-order chi connectivity index (χ1) is 15.2. The number of ether oxygens (including phenoxy) is 1. The van der Waals surface area contributed by atoms with Crippen LogP contribution in [0.4, 0.5) is 11.4 Å². The molecule has 2 heterocycles. The number of para-hydroxylation sites is 3. The molecule has 0 spiro atoms. The lowest BCUT2D eigenvalue weighted by Gasteiger charge is -2.29. The van der Waals surface area contributed by atoms with Crippen molar-refractivity contribution in [2.24, 2.45) is 5.92 Å². The van der Waals surface area contributed by atoms with Crippen molar-refractivity contribution in [2.45, 2.75) is 19.1 Å². The molecule has 0 saturated carbocycles. The van der Waals surface area contributed by atoms with Crippen LogP contribution >= 0.6 is 0 Å². The number of amides is 2. The van der Waals surface area contributed by atoms with Gasteiger partial charge in [0.1, 0.15) is 11.7 Å². The lowest BCUT2D eigenvalue weighted by atomic mass is 9.90. The number of hydroxylamine groups is 1. The van der Waals surface area contributed by atoms with Crippen molar-refractivity contribution in [3.05, 3.63) is 90.5 Å². The van der Waals surface area contributed by atoms with Gasteiger partial charge < -0.3 is 4.74 Å². The summed E-state index contributed by atoms with van der Waals surface area (Å²) in [4.78, 5) is 34.3. The van der Waals surface area contributed by atoms with Crippen LogP contribution in [0.3, 0.4) is 0 Å². The van der Waals surface area contributed by atoms with Crippen molar-refractivity contribution in [1.29, 1.82) is 0 Å². The van der Waals surface area contributed by atoms with Crippen molar-refractivity contribution in [3.8, 4) is 5.75 Å². The highest BCUT2D eigenvalue weighted by Crippen LogP contribution is 2.49. The van der Waals surface area contributed by atoms with E-state index in [1.165, 1.54) is 4.90 Å². The SMILES string of the molecule is CCOc1ccccc1[C@H]1[C@@H]2C(=O)N(c3ccccc3)C(=O)[C@H]2ON1c1ccccc1. The predicted molar refractivity (Wildman–Crippen MR) is 117 cm³/mol. The smallest absolute Gasteiger partial charge is 0.266 e. The van der Waals surface area contributed by atoms with E-state index in [4.69, 9.17) is 9.57 Å². The Morgan fingerprint density at radius 3 is 2.10 bits per heavy atom. The summed E-state index contributed by atoms with van der Waals surface area (Å²) in [6.45, 7) is 2.41. The molecule has 3 aromatic rings. The van der Waals surface area contributed by atoms with Crippen LogP contribution in [0.25, 0.3) is 0 Å². The first kappa shape index (κ1) is 19.3. The number of nitrogens with zero attached hydrogens (tertiary/aromatic N) is 2. The maximum Gasteiger partial charge on any atom is 0.266 e. The highest BCUT2D eigenvalue weighted by atomic mass is 16.7. The standard InChI is InChI=1S/C25H22N2O4/c1-2-30-20-16-10-9-15-19(20)22-21-23(31-27(22)18-13-7-4-8-14-18)25(29)26(24(21)28)17-11-5-3-6-12-17/h3-16,21-23H,2H2,1H3/t21-,22-,23-/m0/s1. The number of hydrogen-bond donors (Lipinski definition) is 0. The summed E-state index contributed by atoms with van der Waals surface area (Å²) in [7, 11) is 0. The van der Waals surface area contributed by atoms with Crippen molar-refractivity contribution >= 4 is 23.2 Å². The summed E-state index contributed by atoms with van der Waals surface area (Å²) in [6.07, 6.45) is -0.896. The summed E-state index contributed by atoms with van der Waals surface area (Å²) >= 11 is 0. The molecule has 6 nitrogen and oxygen atoms in total. The van der Waals surface area contributed by atoms with Gasteiger partial charge in [0, 0.05) is 5.56 Å². The molecule has 3 atom stereocenters. The van der Waals surface area contributed by atoms with Crippen LogP contribution in [-0.4, -0.2) is 24.5 Å². The average molecular weight is 414 g/mol. The number of anilines is 2. The average Bonchev–Trinajstić information content (AvgIpc) is 3.31. The fourth-order valence-corrected chi connectivity index (χ4v) is 4.37. The molecule has 0 aromatic heterocycles. The van der Waals surface area contributed by atoms with Crippen LogP contribution < -0.4 is 14.7 Å². The zero-order chi connectivity index (χ0) is 21.4. The van der Waals surface area contributed by atoms with E-state index in [1.807, 2.05) is 79.7 Å². The van der Waals surface area contributed by atoms with Crippen molar-refractivity contribution in [1.82, 2.24) is 0 Å². The third-order valence-corrected chi connectivity index (χ3v) is 5.68. The zero-order valence-corrected chi connectivity index (χ0v) is 17.0. The Morgan fingerprint density at radius 2 is 1.42 bits per heavy atom. The van der Waals surface area contributed by atoms with Gasteiger partial charge in [0.2, 0.25) is 5.91 Å². The molecule has 5 rings (SSSR count). The molecule has 2 saturated heterocycles. The minimum Gasteiger partial charge on any atom is -0.494 e. The molecule has 0 unspecified atom stereocenters. The summed E-state index contributed by atoms with van der Waals surface area (Å²) in [5.41, 5.74) is 2.15. The minimum atomic E-state index is -0.896. The summed E-state index contributed by atoms with van der Waals surface area (Å²) in [6, 6.07) is 25.6. The van der Waals surface area contributed by atoms with Gasteiger partial charge in [-0.25, -0.2) is 9.96 Å². The summed E-state index contributed by atoms with van der Waals surface area (Å²) in [5, 5.41) is 1.69. The van der Waals surface area contributed by atoms with Crippen LogP contribution in [-0.2, 0) is 14.4 Å². The van der Waals surface area contributed by atoms with E-state index < -0.39 is 18.1 Å². The molecular weight excluding hydrogens is 392 g/mol. The molecule has 6 heteroatoms. The number of carbonyl (C=O) groups excluding carboxylic acids is 2. The monoisotopic (exact) mass is 414 g/mol. The quantitative estimate of drug-likeness (QED) is 0.588. The van der Waals surface area contributed by atoms with E-state index in [9.17, 15) is 9.59 Å². The molecule has 0 N–H and O–H groups in total. The van der Waals surface area contributed by atoms with E-state index in [2.05, 4.69) is 0 Å². The second-order valence-electron chi connectivity index (χ2n) is 7.48. The topological polar surface area (TPSA) is 59.1 Å². The molecule has 2 fully saturated rings. The van der Waals surface area contributed by atoms with Gasteiger partial charge in [0.05, 0.1) is 24.0 Å². The molecule has 0 bridgehead atoms. The second-order valence-corrected chi connectivity index (χ2v) is 7.48. The van der Waals surface area contributed by atoms with Gasteiger partial charge in [0.15, 0.2) is 6.10 Å².